The first-order valence-corrected chi connectivity index (χ1v) is 4.76. The molecule has 1 heteroatoms. The van der Waals surface area contributed by atoms with Gasteiger partial charge in [0.25, 0.3) is 0 Å². The second-order valence-electron chi connectivity index (χ2n) is 4.77. The molecule has 0 spiro atoms. The smallest absolute Gasteiger partial charge is 0.00487 e. The van der Waals surface area contributed by atoms with Crippen molar-refractivity contribution in [1.82, 2.24) is 0 Å². The topological polar surface area (TPSA) is 26.0 Å². The zero-order chi connectivity index (χ0) is 8.48. The van der Waals surface area contributed by atoms with Crippen LogP contribution in [0.25, 0.3) is 0 Å². The lowest BCUT2D eigenvalue weighted by Crippen LogP contribution is -2.33. The second-order valence-corrected chi connectivity index (χ2v) is 4.77. The van der Waals surface area contributed by atoms with Gasteiger partial charge in [-0.05, 0) is 43.1 Å². The van der Waals surface area contributed by atoms with E-state index in [4.69, 9.17) is 5.73 Å². The Morgan fingerprint density at radius 3 is 2.45 bits per heavy atom. The van der Waals surface area contributed by atoms with Gasteiger partial charge >= 0.3 is 0 Å². The minimum atomic E-state index is 0.530. The monoisotopic (exact) mass is 155 g/mol. The van der Waals surface area contributed by atoms with E-state index in [1.807, 2.05) is 0 Å². The van der Waals surface area contributed by atoms with Crippen molar-refractivity contribution in [3.8, 4) is 0 Å². The van der Waals surface area contributed by atoms with E-state index in [0.29, 0.717) is 5.41 Å². The maximum atomic E-state index is 5.67. The van der Waals surface area contributed by atoms with Gasteiger partial charge < -0.3 is 5.73 Å². The van der Waals surface area contributed by atoms with Crippen LogP contribution < -0.4 is 5.73 Å². The minimum absolute atomic E-state index is 0.530. The molecule has 1 rings (SSSR count). The maximum absolute atomic E-state index is 5.67. The predicted octanol–water partition coefficient (Wildman–Crippen LogP) is 2.41. The molecule has 0 amide bonds. The SMILES string of the molecule is CC1CCC(CN)CC1(C)C. The van der Waals surface area contributed by atoms with Gasteiger partial charge in [-0.15, -0.1) is 0 Å². The third kappa shape index (κ3) is 1.96. The fourth-order valence-corrected chi connectivity index (χ4v) is 2.12. The van der Waals surface area contributed by atoms with E-state index < -0.39 is 0 Å². The molecule has 11 heavy (non-hydrogen) atoms. The van der Waals surface area contributed by atoms with Crippen LogP contribution in [-0.2, 0) is 0 Å². The van der Waals surface area contributed by atoms with Gasteiger partial charge in [0.1, 0.15) is 0 Å². The van der Waals surface area contributed by atoms with E-state index >= 15 is 0 Å². The Bertz CT molecular complexity index is 129. The number of hydrogen-bond donors (Lipinski definition) is 1. The van der Waals surface area contributed by atoms with Crippen LogP contribution in [-0.4, -0.2) is 6.54 Å². The summed E-state index contributed by atoms with van der Waals surface area (Å²) in [4.78, 5) is 0. The first kappa shape index (κ1) is 9.05. The fraction of sp³-hybridized carbons (Fsp3) is 1.00. The average molecular weight is 155 g/mol. The van der Waals surface area contributed by atoms with Gasteiger partial charge in [-0.2, -0.15) is 0 Å². The van der Waals surface area contributed by atoms with Gasteiger partial charge in [0.05, 0.1) is 0 Å². The minimum Gasteiger partial charge on any atom is -0.330 e. The summed E-state index contributed by atoms with van der Waals surface area (Å²) in [6.45, 7) is 8.00. The molecule has 0 bridgehead atoms. The summed E-state index contributed by atoms with van der Waals surface area (Å²) in [5, 5.41) is 0. The molecule has 1 nitrogen and oxygen atoms in total. The molecule has 2 unspecified atom stereocenters. The van der Waals surface area contributed by atoms with Crippen molar-refractivity contribution in [2.75, 3.05) is 6.54 Å². The normalized spacial score (nSPS) is 37.1. The average Bonchev–Trinajstić information content (AvgIpc) is 1.95. The summed E-state index contributed by atoms with van der Waals surface area (Å²) in [7, 11) is 0. The van der Waals surface area contributed by atoms with Gasteiger partial charge in [-0.25, -0.2) is 0 Å². The zero-order valence-electron chi connectivity index (χ0n) is 8.06. The summed E-state index contributed by atoms with van der Waals surface area (Å²) in [5.41, 5.74) is 6.20. The molecule has 0 aromatic rings. The Morgan fingerprint density at radius 2 is 2.00 bits per heavy atom. The van der Waals surface area contributed by atoms with E-state index in [0.717, 1.165) is 18.4 Å². The van der Waals surface area contributed by atoms with E-state index in [1.54, 1.807) is 0 Å². The standard InChI is InChI=1S/C10H21N/c1-8-4-5-9(7-11)6-10(8,2)3/h8-9H,4-7,11H2,1-3H3. The van der Waals surface area contributed by atoms with Gasteiger partial charge in [-0.1, -0.05) is 20.8 Å². The van der Waals surface area contributed by atoms with Crippen LogP contribution in [0.3, 0.4) is 0 Å². The molecular weight excluding hydrogens is 134 g/mol. The highest BCUT2D eigenvalue weighted by Gasteiger charge is 2.32. The molecule has 0 saturated heterocycles. The Morgan fingerprint density at radius 1 is 1.36 bits per heavy atom. The van der Waals surface area contributed by atoms with Gasteiger partial charge in [0, 0.05) is 0 Å². The lowest BCUT2D eigenvalue weighted by Gasteiger charge is -2.40. The zero-order valence-corrected chi connectivity index (χ0v) is 8.06. The van der Waals surface area contributed by atoms with Crippen molar-refractivity contribution >= 4 is 0 Å². The van der Waals surface area contributed by atoms with Crippen LogP contribution in [0.15, 0.2) is 0 Å². The van der Waals surface area contributed by atoms with Crippen molar-refractivity contribution in [3.63, 3.8) is 0 Å². The maximum Gasteiger partial charge on any atom is -0.00487 e. The first-order valence-electron chi connectivity index (χ1n) is 4.76. The Hall–Kier alpha value is -0.0400. The van der Waals surface area contributed by atoms with Crippen LogP contribution in [0.2, 0.25) is 0 Å². The lowest BCUT2D eigenvalue weighted by molar-refractivity contribution is 0.111. The Balaban J connectivity index is 2.52. The van der Waals surface area contributed by atoms with Crippen molar-refractivity contribution in [1.29, 1.82) is 0 Å². The summed E-state index contributed by atoms with van der Waals surface area (Å²) >= 11 is 0. The van der Waals surface area contributed by atoms with Crippen molar-refractivity contribution < 1.29 is 0 Å². The van der Waals surface area contributed by atoms with Crippen LogP contribution in [0.1, 0.15) is 40.0 Å². The largest absolute Gasteiger partial charge is 0.330 e. The van der Waals surface area contributed by atoms with Gasteiger partial charge in [0.2, 0.25) is 0 Å². The van der Waals surface area contributed by atoms with Crippen molar-refractivity contribution in [2.24, 2.45) is 23.0 Å². The van der Waals surface area contributed by atoms with Crippen LogP contribution in [0.4, 0.5) is 0 Å². The van der Waals surface area contributed by atoms with Gasteiger partial charge in [0.15, 0.2) is 0 Å². The highest BCUT2D eigenvalue weighted by atomic mass is 14.6. The second kappa shape index (κ2) is 3.14. The van der Waals surface area contributed by atoms with Crippen molar-refractivity contribution in [3.05, 3.63) is 0 Å². The summed E-state index contributed by atoms with van der Waals surface area (Å²) in [6.07, 6.45) is 4.04. The number of nitrogens with two attached hydrogens (primary N) is 1. The molecule has 0 heterocycles. The van der Waals surface area contributed by atoms with E-state index in [9.17, 15) is 0 Å². The molecular formula is C10H21N. The van der Waals surface area contributed by atoms with Crippen LogP contribution in [0, 0.1) is 17.3 Å². The van der Waals surface area contributed by atoms with Gasteiger partial charge in [-0.3, -0.25) is 0 Å². The molecule has 0 radical (unpaired) electrons. The molecule has 0 aromatic heterocycles. The third-order valence-electron chi connectivity index (χ3n) is 3.49. The summed E-state index contributed by atoms with van der Waals surface area (Å²) in [5.74, 6) is 1.67. The van der Waals surface area contributed by atoms with E-state index in [1.165, 1.54) is 19.3 Å². The quantitative estimate of drug-likeness (QED) is 0.618. The van der Waals surface area contributed by atoms with Crippen LogP contribution >= 0.6 is 0 Å². The Labute approximate surface area is 70.4 Å². The predicted molar refractivity (Wildman–Crippen MR) is 49.3 cm³/mol. The molecule has 1 fully saturated rings. The highest BCUT2D eigenvalue weighted by molar-refractivity contribution is 4.84. The van der Waals surface area contributed by atoms with E-state index in [-0.39, 0.29) is 0 Å². The third-order valence-corrected chi connectivity index (χ3v) is 3.49. The van der Waals surface area contributed by atoms with Crippen LogP contribution in [0.5, 0.6) is 0 Å². The molecule has 0 aliphatic heterocycles. The molecule has 2 N–H and O–H groups in total. The summed E-state index contributed by atoms with van der Waals surface area (Å²) in [6, 6.07) is 0. The lowest BCUT2D eigenvalue weighted by atomic mass is 9.66. The molecule has 1 aliphatic rings. The van der Waals surface area contributed by atoms with Crippen molar-refractivity contribution in [2.45, 2.75) is 40.0 Å². The van der Waals surface area contributed by atoms with E-state index in [2.05, 4.69) is 20.8 Å². The first-order chi connectivity index (χ1) is 5.06. The number of rotatable bonds is 1. The molecule has 0 aromatic carbocycles. The Kier molecular flexibility index (Phi) is 2.58. The fourth-order valence-electron chi connectivity index (χ4n) is 2.12. The molecule has 1 aliphatic carbocycles. The molecule has 2 atom stereocenters. The highest BCUT2D eigenvalue weighted by Crippen LogP contribution is 2.42. The summed E-state index contributed by atoms with van der Waals surface area (Å²) < 4.78 is 0. The molecule has 1 saturated carbocycles. The molecule has 66 valence electrons. The number of hydrogen-bond acceptors (Lipinski definition) is 1.